The molecular formula is C7H13NO. The van der Waals surface area contributed by atoms with Crippen molar-refractivity contribution in [3.63, 3.8) is 0 Å². The molecule has 0 saturated carbocycles. The predicted octanol–water partition coefficient (Wildman–Crippen LogP) is 0.788. The van der Waals surface area contributed by atoms with E-state index in [1.165, 1.54) is 0 Å². The van der Waals surface area contributed by atoms with Crippen molar-refractivity contribution in [3.05, 3.63) is 23.9 Å². The summed E-state index contributed by atoms with van der Waals surface area (Å²) in [5, 5.41) is 8.39. The van der Waals surface area contributed by atoms with Crippen LogP contribution in [-0.2, 0) is 0 Å². The van der Waals surface area contributed by atoms with Crippen LogP contribution in [-0.4, -0.2) is 11.7 Å². The Bertz CT molecular complexity index is 116. The zero-order valence-electron chi connectivity index (χ0n) is 5.67. The minimum Gasteiger partial charge on any atom is -0.402 e. The number of aliphatic hydroxyl groups excluding tert-OH is 1. The summed E-state index contributed by atoms with van der Waals surface area (Å²) in [6, 6.07) is 0. The molecule has 0 saturated heterocycles. The molecule has 0 aromatic carbocycles. The summed E-state index contributed by atoms with van der Waals surface area (Å²) in [4.78, 5) is 0. The third kappa shape index (κ3) is 5.11. The van der Waals surface area contributed by atoms with Crippen molar-refractivity contribution in [1.29, 1.82) is 0 Å². The first-order valence-corrected chi connectivity index (χ1v) is 2.99. The fourth-order valence-electron chi connectivity index (χ4n) is 0.432. The highest BCUT2D eigenvalue weighted by molar-refractivity contribution is 5.08. The number of hydrogen-bond acceptors (Lipinski definition) is 2. The summed E-state index contributed by atoms with van der Waals surface area (Å²) >= 11 is 0. The van der Waals surface area contributed by atoms with Crippen LogP contribution in [0.25, 0.3) is 0 Å². The third-order valence-corrected chi connectivity index (χ3v) is 0.903. The van der Waals surface area contributed by atoms with Crippen LogP contribution in [0.15, 0.2) is 23.9 Å². The normalized spacial score (nSPS) is 12.9. The lowest BCUT2D eigenvalue weighted by Crippen LogP contribution is -1.98. The SMILES string of the molecule is C/C=C\C=C(/N)CCO. The van der Waals surface area contributed by atoms with Gasteiger partial charge in [-0.25, -0.2) is 0 Å². The Hall–Kier alpha value is -0.760. The fourth-order valence-corrected chi connectivity index (χ4v) is 0.432. The first-order valence-electron chi connectivity index (χ1n) is 2.99. The van der Waals surface area contributed by atoms with Crippen molar-refractivity contribution in [3.8, 4) is 0 Å². The van der Waals surface area contributed by atoms with Gasteiger partial charge in [0, 0.05) is 18.7 Å². The van der Waals surface area contributed by atoms with E-state index in [0.29, 0.717) is 6.42 Å². The van der Waals surface area contributed by atoms with Gasteiger partial charge in [-0.3, -0.25) is 0 Å². The lowest BCUT2D eigenvalue weighted by molar-refractivity contribution is 0.299. The Kier molecular flexibility index (Phi) is 4.92. The van der Waals surface area contributed by atoms with E-state index in [1.807, 2.05) is 19.1 Å². The molecule has 0 bridgehead atoms. The van der Waals surface area contributed by atoms with Crippen LogP contribution in [0.1, 0.15) is 13.3 Å². The van der Waals surface area contributed by atoms with Gasteiger partial charge in [0.05, 0.1) is 0 Å². The zero-order chi connectivity index (χ0) is 7.11. The number of rotatable bonds is 3. The molecule has 0 aliphatic rings. The smallest absolute Gasteiger partial charge is 0.0485 e. The molecule has 0 aliphatic heterocycles. The van der Waals surface area contributed by atoms with Crippen molar-refractivity contribution in [1.82, 2.24) is 0 Å². The van der Waals surface area contributed by atoms with E-state index in [9.17, 15) is 0 Å². The van der Waals surface area contributed by atoms with Gasteiger partial charge >= 0.3 is 0 Å². The minimum atomic E-state index is 0.125. The van der Waals surface area contributed by atoms with Gasteiger partial charge in [-0.05, 0) is 13.0 Å². The number of hydrogen-bond donors (Lipinski definition) is 2. The molecule has 0 rings (SSSR count). The third-order valence-electron chi connectivity index (χ3n) is 0.903. The van der Waals surface area contributed by atoms with E-state index >= 15 is 0 Å². The number of allylic oxidation sites excluding steroid dienone is 3. The van der Waals surface area contributed by atoms with Crippen molar-refractivity contribution in [2.45, 2.75) is 13.3 Å². The molecule has 52 valence electrons. The van der Waals surface area contributed by atoms with Crippen LogP contribution in [0.3, 0.4) is 0 Å². The van der Waals surface area contributed by atoms with Gasteiger partial charge in [-0.1, -0.05) is 12.2 Å². The number of nitrogens with two attached hydrogens (primary N) is 1. The second-order valence-corrected chi connectivity index (χ2v) is 1.74. The highest BCUT2D eigenvalue weighted by atomic mass is 16.3. The highest BCUT2D eigenvalue weighted by Gasteiger charge is 1.83. The molecule has 3 N–H and O–H groups in total. The molecule has 0 unspecified atom stereocenters. The summed E-state index contributed by atoms with van der Waals surface area (Å²) in [6.45, 7) is 2.04. The maximum atomic E-state index is 8.39. The zero-order valence-corrected chi connectivity index (χ0v) is 5.67. The summed E-state index contributed by atoms with van der Waals surface area (Å²) in [7, 11) is 0. The Morgan fingerprint density at radius 2 is 2.33 bits per heavy atom. The first-order chi connectivity index (χ1) is 4.31. The maximum Gasteiger partial charge on any atom is 0.0485 e. The van der Waals surface area contributed by atoms with E-state index in [4.69, 9.17) is 10.8 Å². The van der Waals surface area contributed by atoms with Gasteiger partial charge < -0.3 is 10.8 Å². The second-order valence-electron chi connectivity index (χ2n) is 1.74. The van der Waals surface area contributed by atoms with Gasteiger partial charge in [-0.2, -0.15) is 0 Å². The Morgan fingerprint density at radius 3 is 2.78 bits per heavy atom. The van der Waals surface area contributed by atoms with Gasteiger partial charge in [0.25, 0.3) is 0 Å². The van der Waals surface area contributed by atoms with Crippen LogP contribution in [0.5, 0.6) is 0 Å². The largest absolute Gasteiger partial charge is 0.402 e. The van der Waals surface area contributed by atoms with Crippen molar-refractivity contribution in [2.24, 2.45) is 5.73 Å². The fraction of sp³-hybridized carbons (Fsp3) is 0.429. The Morgan fingerprint density at radius 1 is 1.67 bits per heavy atom. The predicted molar refractivity (Wildman–Crippen MR) is 38.8 cm³/mol. The average Bonchev–Trinajstić information content (AvgIpc) is 1.85. The lowest BCUT2D eigenvalue weighted by Gasteiger charge is -1.92. The molecule has 2 heteroatoms. The van der Waals surface area contributed by atoms with Crippen LogP contribution >= 0.6 is 0 Å². The van der Waals surface area contributed by atoms with E-state index in [0.717, 1.165) is 5.70 Å². The van der Waals surface area contributed by atoms with Crippen molar-refractivity contribution < 1.29 is 5.11 Å². The molecule has 0 aromatic rings. The average molecular weight is 127 g/mol. The van der Waals surface area contributed by atoms with E-state index < -0.39 is 0 Å². The molecule has 0 amide bonds. The Balaban J connectivity index is 3.55. The van der Waals surface area contributed by atoms with Gasteiger partial charge in [0.2, 0.25) is 0 Å². The van der Waals surface area contributed by atoms with E-state index in [1.54, 1.807) is 6.08 Å². The van der Waals surface area contributed by atoms with Crippen molar-refractivity contribution >= 4 is 0 Å². The molecule has 0 spiro atoms. The van der Waals surface area contributed by atoms with Crippen LogP contribution in [0.4, 0.5) is 0 Å². The molecule has 0 aliphatic carbocycles. The summed E-state index contributed by atoms with van der Waals surface area (Å²) in [6.07, 6.45) is 6.09. The highest BCUT2D eigenvalue weighted by Crippen LogP contribution is 1.90. The van der Waals surface area contributed by atoms with Gasteiger partial charge in [0.15, 0.2) is 0 Å². The van der Waals surface area contributed by atoms with E-state index in [-0.39, 0.29) is 6.61 Å². The molecule has 0 radical (unpaired) electrons. The topological polar surface area (TPSA) is 46.2 Å². The van der Waals surface area contributed by atoms with Crippen LogP contribution in [0, 0.1) is 0 Å². The molecule has 0 atom stereocenters. The van der Waals surface area contributed by atoms with Crippen LogP contribution in [0.2, 0.25) is 0 Å². The van der Waals surface area contributed by atoms with E-state index in [2.05, 4.69) is 0 Å². The Labute approximate surface area is 55.7 Å². The maximum absolute atomic E-state index is 8.39. The molecule has 2 nitrogen and oxygen atoms in total. The summed E-state index contributed by atoms with van der Waals surface area (Å²) in [5.41, 5.74) is 6.14. The van der Waals surface area contributed by atoms with Gasteiger partial charge in [0.1, 0.15) is 0 Å². The molecule has 0 fully saturated rings. The summed E-state index contributed by atoms with van der Waals surface area (Å²) < 4.78 is 0. The molecule has 9 heavy (non-hydrogen) atoms. The first kappa shape index (κ1) is 8.24. The molecule has 0 aromatic heterocycles. The number of aliphatic hydroxyl groups is 1. The monoisotopic (exact) mass is 127 g/mol. The van der Waals surface area contributed by atoms with Gasteiger partial charge in [-0.15, -0.1) is 0 Å². The lowest BCUT2D eigenvalue weighted by atomic mass is 10.3. The van der Waals surface area contributed by atoms with Crippen LogP contribution < -0.4 is 5.73 Å². The summed E-state index contributed by atoms with van der Waals surface area (Å²) in [5.74, 6) is 0. The molecule has 0 heterocycles. The molecular weight excluding hydrogens is 114 g/mol. The standard InChI is InChI=1S/C7H13NO/c1-2-3-4-7(8)5-6-9/h2-4,9H,5-6,8H2,1H3/b3-2-,7-4-. The minimum absolute atomic E-state index is 0.125. The quantitative estimate of drug-likeness (QED) is 0.550. The second kappa shape index (κ2) is 5.38. The van der Waals surface area contributed by atoms with Crippen molar-refractivity contribution in [2.75, 3.05) is 6.61 Å².